The number of methoxy groups -OCH3 is 1. The summed E-state index contributed by atoms with van der Waals surface area (Å²) >= 11 is 0. The van der Waals surface area contributed by atoms with Crippen molar-refractivity contribution in [2.45, 2.75) is 50.7 Å². The molecule has 0 fully saturated rings. The number of rotatable bonds is 7. The summed E-state index contributed by atoms with van der Waals surface area (Å²) in [6.45, 7) is 0.663. The Morgan fingerprint density at radius 3 is 2.80 bits per heavy atom. The number of aliphatic hydroxyl groups is 1. The molecule has 0 saturated carbocycles. The van der Waals surface area contributed by atoms with Crippen LogP contribution in [-0.4, -0.2) is 30.9 Å². The minimum atomic E-state index is -0.298. The van der Waals surface area contributed by atoms with Gasteiger partial charge in [0.25, 0.3) is 0 Å². The minimum Gasteiger partial charge on any atom is -0.497 e. The van der Waals surface area contributed by atoms with Gasteiger partial charge in [0.1, 0.15) is 5.75 Å². The van der Waals surface area contributed by atoms with Crippen LogP contribution < -0.4 is 10.1 Å². The van der Waals surface area contributed by atoms with Crippen LogP contribution in [-0.2, 0) is 19.3 Å². The van der Waals surface area contributed by atoms with Gasteiger partial charge in [-0.15, -0.1) is 0 Å². The molecule has 25 heavy (non-hydrogen) atoms. The van der Waals surface area contributed by atoms with Gasteiger partial charge in [0, 0.05) is 12.6 Å². The van der Waals surface area contributed by atoms with E-state index in [-0.39, 0.29) is 6.10 Å². The molecule has 3 rings (SSSR count). The van der Waals surface area contributed by atoms with Gasteiger partial charge in [-0.25, -0.2) is 0 Å². The van der Waals surface area contributed by atoms with Gasteiger partial charge in [-0.1, -0.05) is 36.4 Å². The third-order valence-electron chi connectivity index (χ3n) is 5.13. The zero-order valence-corrected chi connectivity index (χ0v) is 15.1. The van der Waals surface area contributed by atoms with Gasteiger partial charge in [-0.2, -0.15) is 0 Å². The molecule has 0 bridgehead atoms. The Hall–Kier alpha value is -1.84. The fourth-order valence-electron chi connectivity index (χ4n) is 3.63. The zero-order valence-electron chi connectivity index (χ0n) is 15.1. The van der Waals surface area contributed by atoms with Gasteiger partial charge in [-0.3, -0.25) is 0 Å². The average molecular weight is 339 g/mol. The number of fused-ring (bicyclic) bond motifs is 1. The third kappa shape index (κ3) is 5.32. The summed E-state index contributed by atoms with van der Waals surface area (Å²) in [7, 11) is 1.72. The highest BCUT2D eigenvalue weighted by atomic mass is 16.5. The summed E-state index contributed by atoms with van der Waals surface area (Å²) in [4.78, 5) is 0. The molecule has 3 heteroatoms. The monoisotopic (exact) mass is 339 g/mol. The van der Waals surface area contributed by atoms with E-state index in [1.54, 1.807) is 7.11 Å². The van der Waals surface area contributed by atoms with Crippen molar-refractivity contribution >= 4 is 0 Å². The third-order valence-corrected chi connectivity index (χ3v) is 5.13. The highest BCUT2D eigenvalue weighted by Crippen LogP contribution is 2.25. The molecule has 2 aromatic rings. The smallest absolute Gasteiger partial charge is 0.119 e. The second-order valence-corrected chi connectivity index (χ2v) is 7.01. The van der Waals surface area contributed by atoms with E-state index in [1.807, 2.05) is 6.07 Å². The topological polar surface area (TPSA) is 41.5 Å². The van der Waals surface area contributed by atoms with Crippen molar-refractivity contribution in [2.24, 2.45) is 0 Å². The first kappa shape index (κ1) is 18.0. The lowest BCUT2D eigenvalue weighted by Gasteiger charge is -2.20. The van der Waals surface area contributed by atoms with Crippen molar-refractivity contribution in [3.05, 3.63) is 65.2 Å². The Labute approximate surface area is 151 Å². The normalized spacial score (nSPS) is 18.2. The molecule has 1 aliphatic carbocycles. The van der Waals surface area contributed by atoms with Gasteiger partial charge >= 0.3 is 0 Å². The van der Waals surface area contributed by atoms with Crippen LogP contribution in [0.25, 0.3) is 0 Å². The largest absolute Gasteiger partial charge is 0.497 e. The molecular formula is C22H29NO2. The molecule has 1 aliphatic rings. The average Bonchev–Trinajstić information content (AvgIpc) is 2.86. The lowest BCUT2D eigenvalue weighted by Crippen LogP contribution is -2.37. The maximum absolute atomic E-state index is 10.3. The van der Waals surface area contributed by atoms with Crippen molar-refractivity contribution in [1.82, 2.24) is 5.32 Å². The van der Waals surface area contributed by atoms with Crippen LogP contribution in [0.5, 0.6) is 5.75 Å². The number of aryl methyl sites for hydroxylation is 2. The lowest BCUT2D eigenvalue weighted by atomic mass is 10.0. The van der Waals surface area contributed by atoms with Gasteiger partial charge in [0.2, 0.25) is 0 Å². The number of nitrogens with one attached hydrogen (secondary N) is 1. The van der Waals surface area contributed by atoms with E-state index in [9.17, 15) is 5.11 Å². The van der Waals surface area contributed by atoms with Gasteiger partial charge in [0.05, 0.1) is 13.2 Å². The predicted octanol–water partition coefficient (Wildman–Crippen LogP) is 3.53. The molecule has 2 atom stereocenters. The first-order valence-electron chi connectivity index (χ1n) is 9.36. The minimum absolute atomic E-state index is 0.298. The standard InChI is InChI=1S/C22H29NO2/c1-25-22-13-11-18-8-5-9-20(14-19(18)15-22)23-16-21(24)12-10-17-6-3-2-4-7-17/h2-4,6-7,11,13,15,20-21,23-24H,5,8-10,12,14,16H2,1H3. The molecule has 0 spiro atoms. The van der Waals surface area contributed by atoms with E-state index >= 15 is 0 Å². The Kier molecular flexibility index (Phi) is 6.48. The molecule has 0 aromatic heterocycles. The molecule has 134 valence electrons. The van der Waals surface area contributed by atoms with E-state index < -0.39 is 0 Å². The van der Waals surface area contributed by atoms with Crippen molar-refractivity contribution in [3.63, 3.8) is 0 Å². The highest BCUT2D eigenvalue weighted by Gasteiger charge is 2.18. The summed E-state index contributed by atoms with van der Waals surface area (Å²) in [5.41, 5.74) is 4.11. The molecular weight excluding hydrogens is 310 g/mol. The Morgan fingerprint density at radius 1 is 1.16 bits per heavy atom. The van der Waals surface area contributed by atoms with Crippen LogP contribution in [0.4, 0.5) is 0 Å². The van der Waals surface area contributed by atoms with E-state index in [0.29, 0.717) is 12.6 Å². The number of benzene rings is 2. The maximum atomic E-state index is 10.3. The Balaban J connectivity index is 1.49. The van der Waals surface area contributed by atoms with E-state index in [4.69, 9.17) is 4.74 Å². The summed E-state index contributed by atoms with van der Waals surface area (Å²) in [5, 5.41) is 13.9. The summed E-state index contributed by atoms with van der Waals surface area (Å²) < 4.78 is 5.37. The first-order valence-corrected chi connectivity index (χ1v) is 9.36. The first-order chi connectivity index (χ1) is 12.2. The zero-order chi connectivity index (χ0) is 17.5. The van der Waals surface area contributed by atoms with Crippen LogP contribution in [0.2, 0.25) is 0 Å². The SMILES string of the molecule is COc1ccc2c(c1)CC(NCC(O)CCc1ccccc1)CCC2. The molecule has 0 heterocycles. The molecule has 0 aliphatic heterocycles. The summed E-state index contributed by atoms with van der Waals surface area (Å²) in [6.07, 6.45) is 5.92. The van der Waals surface area contributed by atoms with Gasteiger partial charge in [0.15, 0.2) is 0 Å². The summed E-state index contributed by atoms with van der Waals surface area (Å²) in [6, 6.07) is 17.2. The lowest BCUT2D eigenvalue weighted by molar-refractivity contribution is 0.156. The van der Waals surface area contributed by atoms with Crippen LogP contribution in [0.3, 0.4) is 0 Å². The van der Waals surface area contributed by atoms with Crippen LogP contribution in [0.15, 0.2) is 48.5 Å². The second-order valence-electron chi connectivity index (χ2n) is 7.01. The van der Waals surface area contributed by atoms with Crippen molar-refractivity contribution in [2.75, 3.05) is 13.7 Å². The number of hydrogen-bond donors (Lipinski definition) is 2. The van der Waals surface area contributed by atoms with E-state index in [1.165, 1.54) is 23.1 Å². The number of aliphatic hydroxyl groups excluding tert-OH is 1. The number of ether oxygens (including phenoxy) is 1. The van der Waals surface area contributed by atoms with Crippen LogP contribution >= 0.6 is 0 Å². The predicted molar refractivity (Wildman–Crippen MR) is 102 cm³/mol. The molecule has 3 nitrogen and oxygen atoms in total. The van der Waals surface area contributed by atoms with E-state index in [2.05, 4.69) is 47.8 Å². The maximum Gasteiger partial charge on any atom is 0.119 e. The van der Waals surface area contributed by atoms with Crippen molar-refractivity contribution in [3.8, 4) is 5.75 Å². The fraction of sp³-hybridized carbons (Fsp3) is 0.455. The number of hydrogen-bond acceptors (Lipinski definition) is 3. The molecule has 0 radical (unpaired) electrons. The second kappa shape index (κ2) is 9.02. The van der Waals surface area contributed by atoms with Crippen LogP contribution in [0, 0.1) is 0 Å². The molecule has 2 aromatic carbocycles. The Bertz CT molecular complexity index is 656. The molecule has 0 saturated heterocycles. The Morgan fingerprint density at radius 2 is 2.00 bits per heavy atom. The van der Waals surface area contributed by atoms with Crippen LogP contribution in [0.1, 0.15) is 36.0 Å². The van der Waals surface area contributed by atoms with Gasteiger partial charge < -0.3 is 15.2 Å². The van der Waals surface area contributed by atoms with Gasteiger partial charge in [-0.05, 0) is 67.3 Å². The summed E-state index contributed by atoms with van der Waals surface area (Å²) in [5.74, 6) is 0.933. The molecule has 2 unspecified atom stereocenters. The molecule has 0 amide bonds. The fourth-order valence-corrected chi connectivity index (χ4v) is 3.63. The van der Waals surface area contributed by atoms with Crippen molar-refractivity contribution in [1.29, 1.82) is 0 Å². The molecule has 2 N–H and O–H groups in total. The van der Waals surface area contributed by atoms with E-state index in [0.717, 1.165) is 37.9 Å². The highest BCUT2D eigenvalue weighted by molar-refractivity contribution is 5.37. The quantitative estimate of drug-likeness (QED) is 0.758. The van der Waals surface area contributed by atoms with Crippen molar-refractivity contribution < 1.29 is 9.84 Å².